The predicted octanol–water partition coefficient (Wildman–Crippen LogP) is 7.76. The summed E-state index contributed by atoms with van der Waals surface area (Å²) in [7, 11) is 0. The van der Waals surface area contributed by atoms with Crippen molar-refractivity contribution in [3.63, 3.8) is 0 Å². The van der Waals surface area contributed by atoms with Crippen LogP contribution in [-0.4, -0.2) is 6.61 Å². The van der Waals surface area contributed by atoms with Crippen LogP contribution in [0.1, 0.15) is 30.0 Å². The van der Waals surface area contributed by atoms with E-state index in [9.17, 15) is 26.4 Å². The van der Waals surface area contributed by atoms with Gasteiger partial charge in [0.05, 0.1) is 12.2 Å². The Kier molecular flexibility index (Phi) is 6.88. The summed E-state index contributed by atoms with van der Waals surface area (Å²) in [5.74, 6) is -6.49. The topological polar surface area (TPSA) is 21.7 Å². The molecule has 10 heteroatoms. The third-order valence-electron chi connectivity index (χ3n) is 5.76. The maximum atomic E-state index is 15.2. The van der Waals surface area contributed by atoms with Crippen molar-refractivity contribution in [2.24, 2.45) is 0 Å². The number of nitrogens with zero attached hydrogens (tertiary/aromatic N) is 1. The van der Waals surface area contributed by atoms with Crippen molar-refractivity contribution in [1.82, 2.24) is 0 Å². The number of hydrogen-bond acceptors (Lipinski definition) is 3. The first-order valence-electron chi connectivity index (χ1n) is 10.9. The fourth-order valence-electron chi connectivity index (χ4n) is 3.99. The standard InChI is InChI=1S/C26H20F7NO2/c1-3-5-6-14-7-8-15(22(28)21(14)27)13-36-18-11-9-16-17-10-12-19(35-4-2)24(30)25(17)34(33)26(31,32)20(16)23(18)29/h3,7-12H,1,4-6,13H2,2H3. The molecule has 3 aromatic rings. The number of rotatable bonds is 8. The zero-order valence-electron chi connectivity index (χ0n) is 19.0. The highest BCUT2D eigenvalue weighted by Gasteiger charge is 2.51. The molecule has 0 N–H and O–H groups in total. The molecule has 0 atom stereocenters. The third-order valence-corrected chi connectivity index (χ3v) is 5.76. The average molecular weight is 511 g/mol. The van der Waals surface area contributed by atoms with Crippen molar-refractivity contribution in [2.75, 3.05) is 11.7 Å². The quantitative estimate of drug-likeness (QED) is 0.134. The lowest BCUT2D eigenvalue weighted by Crippen LogP contribution is -2.38. The Labute approximate surface area is 202 Å². The Morgan fingerprint density at radius 3 is 2.11 bits per heavy atom. The predicted molar refractivity (Wildman–Crippen MR) is 120 cm³/mol. The van der Waals surface area contributed by atoms with Crippen molar-refractivity contribution in [3.8, 4) is 22.6 Å². The molecule has 0 spiro atoms. The van der Waals surface area contributed by atoms with Crippen LogP contribution in [0.2, 0.25) is 0 Å². The van der Waals surface area contributed by atoms with E-state index in [1.807, 2.05) is 0 Å². The molecule has 1 aliphatic rings. The van der Waals surface area contributed by atoms with Crippen LogP contribution in [0, 0.1) is 23.3 Å². The molecule has 3 aromatic carbocycles. The Balaban J connectivity index is 1.70. The summed E-state index contributed by atoms with van der Waals surface area (Å²) >= 11 is 0. The Bertz CT molecular complexity index is 1330. The van der Waals surface area contributed by atoms with Gasteiger partial charge in [-0.2, -0.15) is 8.78 Å². The molecule has 4 rings (SSSR count). The van der Waals surface area contributed by atoms with E-state index in [0.717, 1.165) is 24.3 Å². The van der Waals surface area contributed by atoms with Gasteiger partial charge in [-0.15, -0.1) is 11.7 Å². The molecule has 0 amide bonds. The highest BCUT2D eigenvalue weighted by atomic mass is 19.3. The second-order valence-electron chi connectivity index (χ2n) is 7.96. The molecule has 3 nitrogen and oxygen atoms in total. The first kappa shape index (κ1) is 25.4. The van der Waals surface area contributed by atoms with Gasteiger partial charge < -0.3 is 9.47 Å². The molecule has 0 saturated heterocycles. The second kappa shape index (κ2) is 9.75. The molecule has 0 aromatic heterocycles. The summed E-state index contributed by atoms with van der Waals surface area (Å²) < 4.78 is 114. The van der Waals surface area contributed by atoms with Gasteiger partial charge in [0.2, 0.25) is 0 Å². The van der Waals surface area contributed by atoms with Crippen LogP contribution in [0.4, 0.5) is 36.5 Å². The van der Waals surface area contributed by atoms with Crippen LogP contribution in [0.3, 0.4) is 0 Å². The summed E-state index contributed by atoms with van der Waals surface area (Å²) in [5.41, 5.74) is -3.43. The fraction of sp³-hybridized carbons (Fsp3) is 0.231. The summed E-state index contributed by atoms with van der Waals surface area (Å²) in [5, 5.41) is -1.16. The fourth-order valence-corrected chi connectivity index (χ4v) is 3.99. The van der Waals surface area contributed by atoms with Crippen molar-refractivity contribution in [3.05, 3.63) is 89.0 Å². The molecule has 190 valence electrons. The zero-order valence-corrected chi connectivity index (χ0v) is 19.0. The molecule has 0 unspecified atom stereocenters. The monoisotopic (exact) mass is 511 g/mol. The minimum absolute atomic E-state index is 0.00629. The number of hydrogen-bond donors (Lipinski definition) is 0. The minimum Gasteiger partial charge on any atom is -0.491 e. The van der Waals surface area contributed by atoms with E-state index in [0.29, 0.717) is 6.42 Å². The lowest BCUT2D eigenvalue weighted by molar-refractivity contribution is -0.0526. The largest absolute Gasteiger partial charge is 0.491 e. The van der Waals surface area contributed by atoms with Crippen LogP contribution >= 0.6 is 0 Å². The number of anilines is 1. The van der Waals surface area contributed by atoms with E-state index in [1.165, 1.54) is 19.1 Å². The van der Waals surface area contributed by atoms with Gasteiger partial charge in [0, 0.05) is 11.1 Å². The van der Waals surface area contributed by atoms with Crippen molar-refractivity contribution < 1.29 is 40.3 Å². The first-order valence-corrected chi connectivity index (χ1v) is 10.9. The second-order valence-corrected chi connectivity index (χ2v) is 7.96. The highest BCUT2D eigenvalue weighted by Crippen LogP contribution is 2.54. The molecule has 0 bridgehead atoms. The summed E-state index contributed by atoms with van der Waals surface area (Å²) in [6.45, 7) is 4.37. The van der Waals surface area contributed by atoms with Gasteiger partial charge in [0.15, 0.2) is 34.8 Å². The molecule has 0 radical (unpaired) electrons. The maximum absolute atomic E-state index is 15.2. The third kappa shape index (κ3) is 4.14. The van der Waals surface area contributed by atoms with Gasteiger partial charge in [-0.1, -0.05) is 22.7 Å². The van der Waals surface area contributed by atoms with Gasteiger partial charge in [0.25, 0.3) is 0 Å². The number of ether oxygens (including phenoxy) is 2. The molecular weight excluding hydrogens is 491 g/mol. The van der Waals surface area contributed by atoms with E-state index in [2.05, 4.69) is 6.58 Å². The molecular formula is C26H20F7NO2. The van der Waals surface area contributed by atoms with Crippen LogP contribution in [0.5, 0.6) is 11.5 Å². The van der Waals surface area contributed by atoms with Crippen LogP contribution < -0.4 is 14.6 Å². The van der Waals surface area contributed by atoms with E-state index in [4.69, 9.17) is 9.47 Å². The van der Waals surface area contributed by atoms with Crippen molar-refractivity contribution in [1.29, 1.82) is 0 Å². The zero-order chi connectivity index (χ0) is 26.2. The van der Waals surface area contributed by atoms with Crippen molar-refractivity contribution in [2.45, 2.75) is 32.4 Å². The molecule has 0 fully saturated rings. The number of halogens is 7. The number of aryl methyl sites for hydroxylation is 1. The van der Waals surface area contributed by atoms with Crippen LogP contribution in [-0.2, 0) is 19.1 Å². The minimum atomic E-state index is -4.61. The van der Waals surface area contributed by atoms with E-state index in [-0.39, 0.29) is 29.7 Å². The molecule has 0 aliphatic carbocycles. The molecule has 0 saturated carbocycles. The van der Waals surface area contributed by atoms with Crippen molar-refractivity contribution >= 4 is 5.69 Å². The van der Waals surface area contributed by atoms with Crippen LogP contribution in [0.15, 0.2) is 49.1 Å². The van der Waals surface area contributed by atoms with Gasteiger partial charge >= 0.3 is 6.05 Å². The normalized spacial score (nSPS) is 13.7. The van der Waals surface area contributed by atoms with Gasteiger partial charge in [-0.25, -0.2) is 17.6 Å². The highest BCUT2D eigenvalue weighted by molar-refractivity contribution is 5.86. The summed E-state index contributed by atoms with van der Waals surface area (Å²) in [4.78, 5) is 0. The van der Waals surface area contributed by atoms with E-state index < -0.39 is 69.4 Å². The molecule has 1 aliphatic heterocycles. The maximum Gasteiger partial charge on any atom is 0.381 e. The lowest BCUT2D eigenvalue weighted by Gasteiger charge is -2.34. The first-order chi connectivity index (χ1) is 17.1. The van der Waals surface area contributed by atoms with Crippen LogP contribution in [0.25, 0.3) is 11.1 Å². The van der Waals surface area contributed by atoms with Gasteiger partial charge in [0.1, 0.15) is 12.3 Å². The number of fused-ring (bicyclic) bond motifs is 3. The molecule has 36 heavy (non-hydrogen) atoms. The molecule has 1 heterocycles. The Morgan fingerprint density at radius 2 is 1.44 bits per heavy atom. The summed E-state index contributed by atoms with van der Waals surface area (Å²) in [6.07, 6.45) is 2.19. The van der Waals surface area contributed by atoms with Gasteiger partial charge in [-0.05, 0) is 55.2 Å². The number of allylic oxidation sites excluding steroid dienone is 1. The van der Waals surface area contributed by atoms with E-state index in [1.54, 1.807) is 6.08 Å². The van der Waals surface area contributed by atoms with Gasteiger partial charge in [-0.3, -0.25) is 0 Å². The number of benzene rings is 3. The Hall–Kier alpha value is -3.69. The Morgan fingerprint density at radius 1 is 0.833 bits per heavy atom. The summed E-state index contributed by atoms with van der Waals surface area (Å²) in [6, 6.07) is 2.21. The average Bonchev–Trinajstić information content (AvgIpc) is 2.85. The smallest absolute Gasteiger partial charge is 0.381 e. The lowest BCUT2D eigenvalue weighted by atomic mass is 9.91. The number of alkyl halides is 2. The van der Waals surface area contributed by atoms with E-state index >= 15 is 4.39 Å². The SMILES string of the molecule is C=CCCc1ccc(COc2ccc3c(c2F)C(F)(F)N(F)c2c-3ccc(OCC)c2F)c(F)c1F.